The fourth-order valence-corrected chi connectivity index (χ4v) is 10.2. The van der Waals surface area contributed by atoms with Gasteiger partial charge < -0.3 is 28.7 Å². The highest BCUT2D eigenvalue weighted by Gasteiger charge is 2.32. The van der Waals surface area contributed by atoms with Crippen LogP contribution in [0.2, 0.25) is 0 Å². The zero-order chi connectivity index (χ0) is 44.4. The fourth-order valence-electron chi connectivity index (χ4n) is 5.54. The standard InChI is InChI=1S/C24H24NO4P.C15H17BrNO3P.C9H8O/c1-4-29-30(27,23-13-5-18(2)6-14-23)24-16-20(15-21(17-26)25-24)8-7-19-9-11-22(28-3)12-10-19;1-3-20-21(19,14-6-4-11(2)5-7-14)15-9-12(16)8-13(10-18)17-15;1-3-8-4-6-9(10-2)7-5-8/h5-6,9-16,26H,4,17H2,1-3H3;4-9,18H,3,10H2,1-2H3;1,4-7H,2H3. The van der Waals surface area contributed by atoms with Crippen molar-refractivity contribution in [3.63, 3.8) is 0 Å². The maximum Gasteiger partial charge on any atom is 0.279 e. The minimum absolute atomic E-state index is 0.216. The lowest BCUT2D eigenvalue weighted by molar-refractivity contribution is 0.276. The number of hydrogen-bond donors (Lipinski definition) is 2. The van der Waals surface area contributed by atoms with Crippen molar-refractivity contribution in [2.45, 2.75) is 40.9 Å². The van der Waals surface area contributed by atoms with Gasteiger partial charge in [0.05, 0.1) is 52.0 Å². The zero-order valence-corrected chi connectivity index (χ0v) is 38.3. The molecule has 0 fully saturated rings. The van der Waals surface area contributed by atoms with Crippen LogP contribution >= 0.6 is 30.7 Å². The third-order valence-electron chi connectivity index (χ3n) is 8.69. The van der Waals surface area contributed by atoms with Crippen molar-refractivity contribution in [1.29, 1.82) is 0 Å². The molecule has 10 nitrogen and oxygen atoms in total. The highest BCUT2D eigenvalue weighted by atomic mass is 79.9. The van der Waals surface area contributed by atoms with E-state index < -0.39 is 14.7 Å². The Morgan fingerprint density at radius 3 is 1.41 bits per heavy atom. The minimum atomic E-state index is -3.42. The summed E-state index contributed by atoms with van der Waals surface area (Å²) in [6.45, 7) is 7.60. The molecule has 0 bridgehead atoms. The molecule has 6 aromatic rings. The Hall–Kier alpha value is -5.32. The molecule has 0 aliphatic heterocycles. The Morgan fingerprint density at radius 2 is 1.00 bits per heavy atom. The van der Waals surface area contributed by atoms with E-state index in [0.29, 0.717) is 44.1 Å². The monoisotopic (exact) mass is 922 g/mol. The summed E-state index contributed by atoms with van der Waals surface area (Å²) in [5.74, 6) is 10.3. The van der Waals surface area contributed by atoms with Crippen molar-refractivity contribution in [1.82, 2.24) is 9.97 Å². The predicted molar refractivity (Wildman–Crippen MR) is 247 cm³/mol. The first-order valence-corrected chi connectivity index (χ1v) is 23.2. The normalized spacial score (nSPS) is 12.3. The van der Waals surface area contributed by atoms with Crippen molar-refractivity contribution in [3.05, 3.63) is 165 Å². The molecular formula is C48H49BrN2O8P2. The lowest BCUT2D eigenvalue weighted by Crippen LogP contribution is -2.22. The van der Waals surface area contributed by atoms with E-state index in [1.807, 2.05) is 86.6 Å². The number of ether oxygens (including phenoxy) is 2. The number of aromatic nitrogens is 2. The molecule has 6 rings (SSSR count). The molecule has 2 heterocycles. The number of benzene rings is 4. The SMILES string of the molecule is C#Cc1ccc(OC)cc1.CCOP(=O)(c1ccc(C)cc1)c1cc(Br)cc(CO)n1.CCOP(=O)(c1ccc(C)cc1)c1cc(C#Cc2ccc(OC)cc2)cc(CO)n1. The van der Waals surface area contributed by atoms with Gasteiger partial charge in [-0.25, -0.2) is 9.97 Å². The number of pyridine rings is 2. The highest BCUT2D eigenvalue weighted by Crippen LogP contribution is 2.45. The largest absolute Gasteiger partial charge is 0.497 e. The van der Waals surface area contributed by atoms with Crippen LogP contribution in [0.25, 0.3) is 0 Å². The number of methoxy groups -OCH3 is 2. The zero-order valence-electron chi connectivity index (χ0n) is 35.0. The number of aryl methyl sites for hydroxylation is 2. The molecule has 0 aliphatic rings. The summed E-state index contributed by atoms with van der Waals surface area (Å²) >= 11 is 3.35. The van der Waals surface area contributed by atoms with Gasteiger partial charge in [-0.2, -0.15) is 0 Å². The molecule has 2 N–H and O–H groups in total. The molecule has 2 atom stereocenters. The van der Waals surface area contributed by atoms with Crippen LogP contribution in [0.5, 0.6) is 11.5 Å². The van der Waals surface area contributed by atoms with Crippen molar-refractivity contribution in [2.24, 2.45) is 0 Å². The minimum Gasteiger partial charge on any atom is -0.497 e. The Bertz CT molecular complexity index is 2550. The third kappa shape index (κ3) is 13.6. The van der Waals surface area contributed by atoms with Gasteiger partial charge in [0.2, 0.25) is 0 Å². The molecular weight excluding hydrogens is 874 g/mol. The predicted octanol–water partition coefficient (Wildman–Crippen LogP) is 8.14. The van der Waals surface area contributed by atoms with E-state index in [1.165, 1.54) is 0 Å². The molecule has 4 aromatic carbocycles. The second kappa shape index (κ2) is 23.6. The summed E-state index contributed by atoms with van der Waals surface area (Å²) in [6, 6.07) is 36.2. The van der Waals surface area contributed by atoms with Crippen LogP contribution in [-0.4, -0.2) is 47.6 Å². The highest BCUT2D eigenvalue weighted by molar-refractivity contribution is 9.10. The first-order valence-electron chi connectivity index (χ1n) is 19.1. The quantitative estimate of drug-likeness (QED) is 0.0915. The average molecular weight is 924 g/mol. The van der Waals surface area contributed by atoms with Gasteiger partial charge in [-0.15, -0.1) is 6.42 Å². The van der Waals surface area contributed by atoms with E-state index >= 15 is 0 Å². The maximum atomic E-state index is 13.9. The molecule has 0 aliphatic carbocycles. The number of aliphatic hydroxyl groups is 2. The molecule has 0 spiro atoms. The smallest absolute Gasteiger partial charge is 0.279 e. The summed E-state index contributed by atoms with van der Waals surface area (Å²) in [5, 5.41) is 20.1. The van der Waals surface area contributed by atoms with E-state index in [1.54, 1.807) is 76.6 Å². The van der Waals surface area contributed by atoms with Crippen LogP contribution in [-0.2, 0) is 31.4 Å². The van der Waals surface area contributed by atoms with Crippen molar-refractivity contribution < 1.29 is 37.9 Å². The molecule has 316 valence electrons. The average Bonchev–Trinajstić information content (AvgIpc) is 3.29. The summed E-state index contributed by atoms with van der Waals surface area (Å²) in [6.07, 6.45) is 5.15. The van der Waals surface area contributed by atoms with E-state index in [0.717, 1.165) is 33.8 Å². The van der Waals surface area contributed by atoms with Crippen LogP contribution in [0.1, 0.15) is 53.1 Å². The summed E-state index contributed by atoms with van der Waals surface area (Å²) < 4.78 is 49.4. The topological polar surface area (TPSA) is 137 Å². The second-order valence-corrected chi connectivity index (χ2v) is 18.7. The van der Waals surface area contributed by atoms with Gasteiger partial charge in [0.15, 0.2) is 0 Å². The van der Waals surface area contributed by atoms with Gasteiger partial charge in [-0.3, -0.25) is 9.13 Å². The summed E-state index contributed by atoms with van der Waals surface area (Å²) in [7, 11) is -3.45. The Labute approximate surface area is 367 Å². The van der Waals surface area contributed by atoms with E-state index in [-0.39, 0.29) is 25.3 Å². The van der Waals surface area contributed by atoms with Gasteiger partial charge in [0.1, 0.15) is 22.4 Å². The Balaban J connectivity index is 0.000000228. The van der Waals surface area contributed by atoms with Crippen molar-refractivity contribution in [3.8, 4) is 35.7 Å². The number of terminal acetylenes is 1. The number of hydrogen-bond acceptors (Lipinski definition) is 10. The van der Waals surface area contributed by atoms with Crippen molar-refractivity contribution in [2.75, 3.05) is 27.4 Å². The summed E-state index contributed by atoms with van der Waals surface area (Å²) in [5.41, 5.74) is 5.89. The number of halogens is 1. The number of aliphatic hydroxyl groups excluding tert-OH is 2. The van der Waals surface area contributed by atoms with Crippen LogP contribution in [0.4, 0.5) is 0 Å². The Morgan fingerprint density at radius 1 is 0.590 bits per heavy atom. The summed E-state index contributed by atoms with van der Waals surface area (Å²) in [4.78, 5) is 8.67. The van der Waals surface area contributed by atoms with E-state index in [9.17, 15) is 19.3 Å². The molecule has 2 unspecified atom stereocenters. The molecule has 0 amide bonds. The van der Waals surface area contributed by atoms with Crippen LogP contribution in [0, 0.1) is 38.0 Å². The maximum absolute atomic E-state index is 13.9. The molecule has 13 heteroatoms. The first kappa shape index (κ1) is 48.3. The van der Waals surface area contributed by atoms with Gasteiger partial charge in [-0.1, -0.05) is 69.1 Å². The first-order chi connectivity index (χ1) is 29.3. The molecule has 0 radical (unpaired) electrons. The van der Waals surface area contributed by atoms with Crippen LogP contribution in [0.3, 0.4) is 0 Å². The lowest BCUT2D eigenvalue weighted by atomic mass is 10.2. The van der Waals surface area contributed by atoms with Crippen LogP contribution < -0.4 is 31.0 Å². The molecule has 2 aromatic heterocycles. The van der Waals surface area contributed by atoms with Gasteiger partial charge in [0, 0.05) is 31.8 Å². The van der Waals surface area contributed by atoms with Gasteiger partial charge >= 0.3 is 0 Å². The second-order valence-electron chi connectivity index (χ2n) is 13.1. The molecule has 0 saturated heterocycles. The molecule has 0 saturated carbocycles. The number of rotatable bonds is 12. The molecule has 61 heavy (non-hydrogen) atoms. The number of nitrogens with zero attached hydrogens (tertiary/aromatic N) is 2. The van der Waals surface area contributed by atoms with Crippen LogP contribution in [0.15, 0.2) is 126 Å². The van der Waals surface area contributed by atoms with E-state index in [4.69, 9.17) is 24.9 Å². The third-order valence-corrected chi connectivity index (χ3v) is 14.0. The Kier molecular flexibility index (Phi) is 18.7. The van der Waals surface area contributed by atoms with E-state index in [2.05, 4.69) is 43.7 Å². The van der Waals surface area contributed by atoms with Gasteiger partial charge in [-0.05, 0) is 125 Å². The van der Waals surface area contributed by atoms with Gasteiger partial charge in [0.25, 0.3) is 14.7 Å². The fraction of sp³-hybridized carbons (Fsp3) is 0.208. The lowest BCUT2D eigenvalue weighted by Gasteiger charge is -2.18. The van der Waals surface area contributed by atoms with Crippen molar-refractivity contribution >= 4 is 52.1 Å².